The van der Waals surface area contributed by atoms with Gasteiger partial charge in [0.05, 0.1) is 37.3 Å². The third-order valence-corrected chi connectivity index (χ3v) is 5.13. The van der Waals surface area contributed by atoms with Crippen molar-refractivity contribution in [1.82, 2.24) is 0 Å². The van der Waals surface area contributed by atoms with E-state index in [9.17, 15) is 10.1 Å². The second-order valence-corrected chi connectivity index (χ2v) is 7.17. The van der Waals surface area contributed by atoms with Crippen LogP contribution >= 0.6 is 0 Å². The molecule has 0 aliphatic carbocycles. The lowest BCUT2D eigenvalue weighted by molar-refractivity contribution is -0.927. The van der Waals surface area contributed by atoms with Gasteiger partial charge in [0.2, 0.25) is 0 Å². The highest BCUT2D eigenvalue weighted by molar-refractivity contribution is 5.54. The van der Waals surface area contributed by atoms with Gasteiger partial charge in [0.1, 0.15) is 13.1 Å². The van der Waals surface area contributed by atoms with E-state index in [0.29, 0.717) is 23.6 Å². The van der Waals surface area contributed by atoms with Gasteiger partial charge < -0.3 is 14.4 Å². The third kappa shape index (κ3) is 5.58. The number of hydrogen-bond acceptors (Lipinski definition) is 4. The molecule has 3 rings (SSSR count). The summed E-state index contributed by atoms with van der Waals surface area (Å²) in [5, 5.41) is 11.7. The maximum atomic E-state index is 11.7. The molecule has 30 heavy (non-hydrogen) atoms. The first kappa shape index (κ1) is 21.3. The minimum Gasteiger partial charge on any atom is -0.493 e. The first-order chi connectivity index (χ1) is 14.6. The van der Waals surface area contributed by atoms with Gasteiger partial charge in [0.25, 0.3) is 5.69 Å². The zero-order valence-electron chi connectivity index (χ0n) is 17.3. The minimum atomic E-state index is -0.353. The van der Waals surface area contributed by atoms with Crippen molar-refractivity contribution in [3.8, 4) is 11.5 Å². The number of benzene rings is 3. The highest BCUT2D eigenvalue weighted by atomic mass is 16.6. The van der Waals surface area contributed by atoms with E-state index in [1.165, 1.54) is 36.3 Å². The van der Waals surface area contributed by atoms with Gasteiger partial charge in [-0.15, -0.1) is 0 Å². The molecule has 156 valence electrons. The summed E-state index contributed by atoms with van der Waals surface area (Å²) in [5.74, 6) is 0.863. The highest BCUT2D eigenvalue weighted by Gasteiger charge is 2.23. The molecule has 1 atom stereocenters. The summed E-state index contributed by atoms with van der Waals surface area (Å²) in [6.45, 7) is 2.14. The summed E-state index contributed by atoms with van der Waals surface area (Å²) in [4.78, 5) is 12.6. The van der Waals surface area contributed by atoms with E-state index in [-0.39, 0.29) is 10.6 Å². The van der Waals surface area contributed by atoms with Gasteiger partial charge >= 0.3 is 0 Å². The molecular weight excluding hydrogens is 380 g/mol. The van der Waals surface area contributed by atoms with Crippen LogP contribution in [0.1, 0.15) is 16.7 Å². The van der Waals surface area contributed by atoms with Gasteiger partial charge in [-0.05, 0) is 11.6 Å². The van der Waals surface area contributed by atoms with Gasteiger partial charge in [0.15, 0.2) is 11.5 Å². The van der Waals surface area contributed by atoms with Crippen LogP contribution in [0.25, 0.3) is 0 Å². The van der Waals surface area contributed by atoms with Crippen molar-refractivity contribution in [3.05, 3.63) is 99.6 Å². The van der Waals surface area contributed by atoms with Crippen LogP contribution in [0, 0.1) is 10.1 Å². The Balaban J connectivity index is 1.88. The lowest BCUT2D eigenvalue weighted by atomic mass is 10.1. The van der Waals surface area contributed by atoms with Crippen LogP contribution in [0.2, 0.25) is 0 Å². The molecule has 0 saturated carbocycles. The Morgan fingerprint density at radius 1 is 0.833 bits per heavy atom. The van der Waals surface area contributed by atoms with Crippen LogP contribution in [0.15, 0.2) is 72.8 Å². The molecule has 0 aromatic heterocycles. The maximum absolute atomic E-state index is 11.7. The molecule has 0 saturated heterocycles. The van der Waals surface area contributed by atoms with Crippen molar-refractivity contribution in [2.45, 2.75) is 19.5 Å². The zero-order valence-corrected chi connectivity index (χ0v) is 17.3. The molecule has 0 amide bonds. The van der Waals surface area contributed by atoms with E-state index in [2.05, 4.69) is 24.3 Å². The number of methoxy groups -OCH3 is 2. The first-order valence-corrected chi connectivity index (χ1v) is 9.91. The van der Waals surface area contributed by atoms with Gasteiger partial charge in [-0.3, -0.25) is 10.1 Å². The quantitative estimate of drug-likeness (QED) is 0.413. The van der Waals surface area contributed by atoms with Gasteiger partial charge in [-0.2, -0.15) is 0 Å². The van der Waals surface area contributed by atoms with Gasteiger partial charge in [0, 0.05) is 12.0 Å². The fraction of sp³-hybridized carbons (Fsp3) is 0.250. The Labute approximate surface area is 176 Å². The Hall–Kier alpha value is -3.38. The van der Waals surface area contributed by atoms with Crippen molar-refractivity contribution in [3.63, 3.8) is 0 Å². The monoisotopic (exact) mass is 407 g/mol. The molecule has 6 nitrogen and oxygen atoms in total. The number of hydrogen-bond donors (Lipinski definition) is 1. The molecule has 0 aliphatic heterocycles. The van der Waals surface area contributed by atoms with Crippen LogP contribution in [0.3, 0.4) is 0 Å². The number of nitro groups is 1. The molecule has 0 radical (unpaired) electrons. The molecule has 1 unspecified atom stereocenters. The summed E-state index contributed by atoms with van der Waals surface area (Å²) >= 11 is 0. The predicted octanol–water partition coefficient (Wildman–Crippen LogP) is 3.44. The lowest BCUT2D eigenvalue weighted by Gasteiger charge is -2.20. The molecule has 0 spiro atoms. The van der Waals surface area contributed by atoms with Gasteiger partial charge in [-0.25, -0.2) is 0 Å². The van der Waals surface area contributed by atoms with Crippen LogP contribution in [-0.4, -0.2) is 25.7 Å². The number of nitro benzene ring substituents is 1. The fourth-order valence-electron chi connectivity index (χ4n) is 3.58. The molecular formula is C24H27N2O4+. The summed E-state index contributed by atoms with van der Waals surface area (Å²) in [5.41, 5.74) is 3.14. The average Bonchev–Trinajstić information content (AvgIpc) is 2.78. The fourth-order valence-corrected chi connectivity index (χ4v) is 3.58. The Morgan fingerprint density at radius 3 is 1.97 bits per heavy atom. The average molecular weight is 407 g/mol. The topological polar surface area (TPSA) is 66.0 Å². The Kier molecular flexibility index (Phi) is 7.40. The van der Waals surface area contributed by atoms with Crippen molar-refractivity contribution in [2.75, 3.05) is 20.8 Å². The molecule has 3 aromatic carbocycles. The van der Waals surface area contributed by atoms with Crippen LogP contribution in [-0.2, 0) is 19.5 Å². The molecule has 0 bridgehead atoms. The van der Waals surface area contributed by atoms with E-state index >= 15 is 0 Å². The van der Waals surface area contributed by atoms with E-state index < -0.39 is 0 Å². The van der Waals surface area contributed by atoms with E-state index in [1.807, 2.05) is 36.4 Å². The number of nitrogens with zero attached hydrogens (tertiary/aromatic N) is 1. The molecule has 1 N–H and O–H groups in total. The van der Waals surface area contributed by atoms with E-state index in [4.69, 9.17) is 9.47 Å². The first-order valence-electron chi connectivity index (χ1n) is 9.91. The third-order valence-electron chi connectivity index (χ3n) is 5.13. The smallest absolute Gasteiger partial charge is 0.282 e. The number of ether oxygens (including phenoxy) is 2. The zero-order chi connectivity index (χ0) is 21.3. The number of rotatable bonds is 10. The van der Waals surface area contributed by atoms with E-state index in [1.54, 1.807) is 6.07 Å². The largest absolute Gasteiger partial charge is 0.493 e. The molecule has 0 aliphatic rings. The maximum Gasteiger partial charge on any atom is 0.282 e. The number of quaternary nitrogens is 1. The Bertz CT molecular complexity index is 962. The highest BCUT2D eigenvalue weighted by Crippen LogP contribution is 2.34. The van der Waals surface area contributed by atoms with Crippen LogP contribution in [0.4, 0.5) is 5.69 Å². The second kappa shape index (κ2) is 10.4. The lowest BCUT2D eigenvalue weighted by Crippen LogP contribution is -3.09. The van der Waals surface area contributed by atoms with Crippen molar-refractivity contribution in [2.24, 2.45) is 0 Å². The number of nitrogens with one attached hydrogen (secondary N) is 1. The summed E-state index contributed by atoms with van der Waals surface area (Å²) in [7, 11) is 3.02. The van der Waals surface area contributed by atoms with Gasteiger partial charge in [-0.1, -0.05) is 60.7 Å². The van der Waals surface area contributed by atoms with Crippen LogP contribution in [0.5, 0.6) is 11.5 Å². The molecule has 0 fully saturated rings. The van der Waals surface area contributed by atoms with E-state index in [0.717, 1.165) is 19.5 Å². The normalized spacial score (nSPS) is 11.7. The SMILES string of the molecule is COc1cc(C[NH+](CCc2ccccc2)Cc2ccccc2)c([N+](=O)[O-])cc1OC. The van der Waals surface area contributed by atoms with Crippen molar-refractivity contribution in [1.29, 1.82) is 0 Å². The Morgan fingerprint density at radius 2 is 1.40 bits per heavy atom. The predicted molar refractivity (Wildman–Crippen MR) is 116 cm³/mol. The summed E-state index contributed by atoms with van der Waals surface area (Å²) in [6, 6.07) is 23.7. The summed E-state index contributed by atoms with van der Waals surface area (Å²) in [6.07, 6.45) is 0.893. The van der Waals surface area contributed by atoms with Crippen molar-refractivity contribution >= 4 is 5.69 Å². The molecule has 0 heterocycles. The minimum absolute atomic E-state index is 0.0536. The summed E-state index contributed by atoms with van der Waals surface area (Å²) < 4.78 is 10.6. The second-order valence-electron chi connectivity index (χ2n) is 7.17. The van der Waals surface area contributed by atoms with Crippen LogP contribution < -0.4 is 14.4 Å². The molecule has 3 aromatic rings. The molecule has 6 heteroatoms. The van der Waals surface area contributed by atoms with Crippen molar-refractivity contribution < 1.29 is 19.3 Å². The standard InChI is InChI=1S/C24H26N2O4/c1-29-23-15-21(22(26(27)28)16-24(23)30-2)18-25(17-20-11-7-4-8-12-20)14-13-19-9-5-3-6-10-19/h3-12,15-16H,13-14,17-18H2,1-2H3/p+1.